The van der Waals surface area contributed by atoms with Crippen molar-refractivity contribution in [1.82, 2.24) is 8.80 Å². The molecule has 0 aliphatic rings. The maximum Gasteiger partial charge on any atom is 0.0620 e. The van der Waals surface area contributed by atoms with E-state index in [1.165, 1.54) is 110 Å². The van der Waals surface area contributed by atoms with Crippen molar-refractivity contribution in [2.45, 2.75) is 0 Å². The van der Waals surface area contributed by atoms with Gasteiger partial charge in [0.1, 0.15) is 0 Å². The second-order valence-electron chi connectivity index (χ2n) is 13.7. The Morgan fingerprint density at radius 3 is 1.00 bits per heavy atom. The molecule has 0 aliphatic carbocycles. The van der Waals surface area contributed by atoms with Gasteiger partial charge in [-0.2, -0.15) is 0 Å². The first-order chi connectivity index (χ1) is 24.8. The summed E-state index contributed by atoms with van der Waals surface area (Å²) < 4.78 is 4.96. The summed E-state index contributed by atoms with van der Waals surface area (Å²) in [5, 5.41) is 10.4. The normalized spacial score (nSPS) is 12.4. The lowest BCUT2D eigenvalue weighted by Gasteiger charge is -2.07. The van der Waals surface area contributed by atoms with Crippen LogP contribution in [0.5, 0.6) is 0 Å². The van der Waals surface area contributed by atoms with E-state index in [1.807, 2.05) is 0 Å². The summed E-state index contributed by atoms with van der Waals surface area (Å²) in [7, 11) is 0. The van der Waals surface area contributed by atoms with Crippen molar-refractivity contribution >= 4 is 76.2 Å². The topological polar surface area (TPSA) is 8.82 Å². The molecule has 12 aromatic rings. The quantitative estimate of drug-likeness (QED) is 0.183. The van der Waals surface area contributed by atoms with Crippen LogP contribution in [0.25, 0.3) is 110 Å². The van der Waals surface area contributed by atoms with Crippen LogP contribution in [0.2, 0.25) is 0 Å². The highest BCUT2D eigenvalue weighted by atomic mass is 14.9. The summed E-state index contributed by atoms with van der Waals surface area (Å²) in [6, 6.07) is 62.9. The van der Waals surface area contributed by atoms with Crippen molar-refractivity contribution in [2.24, 2.45) is 0 Å². The Labute approximate surface area is 287 Å². The second-order valence-corrected chi connectivity index (χ2v) is 13.7. The number of para-hydroxylation sites is 2. The summed E-state index contributed by atoms with van der Waals surface area (Å²) >= 11 is 0. The Hall–Kier alpha value is -6.64. The highest BCUT2D eigenvalue weighted by molar-refractivity contribution is 6.27. The minimum absolute atomic E-state index is 1.24. The number of hydrogen-bond donors (Lipinski definition) is 0. The molecule has 0 atom stereocenters. The zero-order valence-electron chi connectivity index (χ0n) is 27.1. The van der Waals surface area contributed by atoms with Crippen LogP contribution >= 0.6 is 0 Å². The Morgan fingerprint density at radius 2 is 0.560 bits per heavy atom. The molecule has 0 spiro atoms. The minimum Gasteiger partial charge on any atom is -0.308 e. The zero-order valence-corrected chi connectivity index (χ0v) is 27.1. The summed E-state index contributed by atoms with van der Waals surface area (Å²) in [4.78, 5) is 0. The number of hydrogen-bond acceptors (Lipinski definition) is 0. The molecule has 2 nitrogen and oxygen atoms in total. The fourth-order valence-corrected chi connectivity index (χ4v) is 8.95. The van der Waals surface area contributed by atoms with Gasteiger partial charge in [0.2, 0.25) is 0 Å². The van der Waals surface area contributed by atoms with Gasteiger partial charge in [-0.05, 0) is 94.0 Å². The molecule has 0 aliphatic heterocycles. The van der Waals surface area contributed by atoms with Crippen LogP contribution in [0.3, 0.4) is 0 Å². The van der Waals surface area contributed by atoms with E-state index in [9.17, 15) is 0 Å². The van der Waals surface area contributed by atoms with Gasteiger partial charge in [0.15, 0.2) is 0 Å². The summed E-state index contributed by atoms with van der Waals surface area (Å²) in [5.74, 6) is 0. The van der Waals surface area contributed by atoms with Crippen LogP contribution < -0.4 is 0 Å². The highest BCUT2D eigenvalue weighted by Crippen LogP contribution is 2.46. The molecule has 0 amide bonds. The Bertz CT molecular complexity index is 3070. The van der Waals surface area contributed by atoms with Crippen LogP contribution in [0, 0.1) is 0 Å². The van der Waals surface area contributed by atoms with E-state index >= 15 is 0 Å². The smallest absolute Gasteiger partial charge is 0.0620 e. The molecule has 4 aromatic heterocycles. The first-order valence-corrected chi connectivity index (χ1v) is 17.4. The molecule has 0 bridgehead atoms. The predicted molar refractivity (Wildman–Crippen MR) is 212 cm³/mol. The standard InChI is InChI=1S/C48H28N2/c1-3-11-29(12-4-1)31-19-21-45-37(23-31)41-27-33(25-39-35-15-7-9-17-43(35)49(45)47(39)41)34-26-40-36-16-8-10-18-44(36)50-46-22-20-32(30-13-5-2-6-14-30)24-38(46)42(28-34)48(40)50/h1-28H. The highest BCUT2D eigenvalue weighted by Gasteiger charge is 2.22. The predicted octanol–water partition coefficient (Wildman–Crippen LogP) is 13.0. The van der Waals surface area contributed by atoms with E-state index in [1.54, 1.807) is 0 Å². The van der Waals surface area contributed by atoms with Gasteiger partial charge in [-0.3, -0.25) is 0 Å². The summed E-state index contributed by atoms with van der Waals surface area (Å²) in [6.45, 7) is 0. The maximum atomic E-state index is 2.48. The van der Waals surface area contributed by atoms with Gasteiger partial charge < -0.3 is 8.80 Å². The zero-order chi connectivity index (χ0) is 32.5. The molecule has 12 rings (SSSR count). The third kappa shape index (κ3) is 3.37. The van der Waals surface area contributed by atoms with E-state index in [2.05, 4.69) is 179 Å². The average molecular weight is 633 g/mol. The van der Waals surface area contributed by atoms with E-state index < -0.39 is 0 Å². The van der Waals surface area contributed by atoms with Crippen molar-refractivity contribution in [3.8, 4) is 33.4 Å². The van der Waals surface area contributed by atoms with Crippen molar-refractivity contribution in [1.29, 1.82) is 0 Å². The first-order valence-electron chi connectivity index (χ1n) is 17.4. The van der Waals surface area contributed by atoms with E-state index in [4.69, 9.17) is 0 Å². The van der Waals surface area contributed by atoms with Crippen LogP contribution in [-0.2, 0) is 0 Å². The molecule has 2 heteroatoms. The van der Waals surface area contributed by atoms with Gasteiger partial charge in [-0.1, -0.05) is 109 Å². The van der Waals surface area contributed by atoms with Crippen LogP contribution in [-0.4, -0.2) is 8.80 Å². The lowest BCUT2D eigenvalue weighted by molar-refractivity contribution is 1.37. The molecule has 0 fully saturated rings. The maximum absolute atomic E-state index is 2.48. The molecule has 0 saturated heterocycles. The average Bonchev–Trinajstić information content (AvgIpc) is 3.91. The van der Waals surface area contributed by atoms with Gasteiger partial charge in [0.05, 0.1) is 33.1 Å². The van der Waals surface area contributed by atoms with Crippen molar-refractivity contribution in [3.63, 3.8) is 0 Å². The van der Waals surface area contributed by atoms with E-state index in [-0.39, 0.29) is 0 Å². The van der Waals surface area contributed by atoms with Crippen LogP contribution in [0.4, 0.5) is 0 Å². The SMILES string of the molecule is c1ccc(-c2ccc3c(c2)c2cc(-c4cc5c6ccccc6n6c7ccc(-c8ccccc8)cc7c(c4)c56)cc4c5ccccc5n3c42)cc1. The molecule has 0 unspecified atom stereocenters. The van der Waals surface area contributed by atoms with Gasteiger partial charge in [-0.25, -0.2) is 0 Å². The molecule has 8 aromatic carbocycles. The molecular formula is C48H28N2. The Balaban J connectivity index is 1.20. The lowest BCUT2D eigenvalue weighted by Crippen LogP contribution is -1.82. The lowest BCUT2D eigenvalue weighted by atomic mass is 9.95. The molecular weight excluding hydrogens is 605 g/mol. The van der Waals surface area contributed by atoms with E-state index in [0.717, 1.165) is 0 Å². The number of benzene rings is 8. The summed E-state index contributed by atoms with van der Waals surface area (Å²) in [6.07, 6.45) is 0. The van der Waals surface area contributed by atoms with Gasteiger partial charge in [0.25, 0.3) is 0 Å². The second kappa shape index (κ2) is 9.49. The van der Waals surface area contributed by atoms with E-state index in [0.29, 0.717) is 0 Å². The minimum atomic E-state index is 1.24. The number of aromatic nitrogens is 2. The molecule has 0 N–H and O–H groups in total. The van der Waals surface area contributed by atoms with Crippen molar-refractivity contribution in [3.05, 3.63) is 170 Å². The largest absolute Gasteiger partial charge is 0.308 e. The van der Waals surface area contributed by atoms with Crippen LogP contribution in [0.1, 0.15) is 0 Å². The molecule has 230 valence electrons. The number of fused-ring (bicyclic) bond motifs is 12. The first kappa shape index (κ1) is 26.3. The fourth-order valence-electron chi connectivity index (χ4n) is 8.95. The number of nitrogens with zero attached hydrogens (tertiary/aromatic N) is 2. The van der Waals surface area contributed by atoms with Crippen molar-refractivity contribution < 1.29 is 0 Å². The van der Waals surface area contributed by atoms with Gasteiger partial charge >= 0.3 is 0 Å². The fraction of sp³-hybridized carbons (Fsp3) is 0. The Kier molecular flexibility index (Phi) is 5.00. The van der Waals surface area contributed by atoms with Gasteiger partial charge in [-0.15, -0.1) is 0 Å². The van der Waals surface area contributed by atoms with Crippen LogP contribution in [0.15, 0.2) is 170 Å². The summed E-state index contributed by atoms with van der Waals surface area (Å²) in [5.41, 5.74) is 15.1. The van der Waals surface area contributed by atoms with Crippen molar-refractivity contribution in [2.75, 3.05) is 0 Å². The van der Waals surface area contributed by atoms with Gasteiger partial charge in [0, 0.05) is 43.1 Å². The molecule has 4 heterocycles. The number of rotatable bonds is 3. The third-order valence-corrected chi connectivity index (χ3v) is 11.1. The molecule has 0 radical (unpaired) electrons. The monoisotopic (exact) mass is 632 g/mol. The Morgan fingerprint density at radius 1 is 0.220 bits per heavy atom. The third-order valence-electron chi connectivity index (χ3n) is 11.1. The molecule has 0 saturated carbocycles. The molecule has 50 heavy (non-hydrogen) atoms.